The number of amides is 7. The van der Waals surface area contributed by atoms with Gasteiger partial charge in [-0.3, -0.25) is 53.2 Å². The number of hydrogen-bond acceptors (Lipinski definition) is 22. The van der Waals surface area contributed by atoms with Crippen LogP contribution in [0, 0.1) is 23.7 Å². The molecule has 2 fully saturated rings. The van der Waals surface area contributed by atoms with Crippen LogP contribution in [0.25, 0.3) is 5.57 Å². The number of likely N-dealkylation sites (tertiary alicyclic amines) is 1. The van der Waals surface area contributed by atoms with Crippen molar-refractivity contribution in [3.63, 3.8) is 0 Å². The maximum absolute atomic E-state index is 14.2. The largest absolute Gasteiger partial charge is 0.493 e. The molecule has 3 aromatic carbocycles. The average Bonchev–Trinajstić information content (AvgIpc) is 1.66. The minimum absolute atomic E-state index is 0. The molecule has 1 saturated heterocycles. The Hall–Kier alpha value is -8.48. The molecule has 1 saturated carbocycles. The SMILES string of the molecule is C.COc1cc2c(cc1OCCCOc1cc3c(cc1OC)C(=O)N1C=C(C4CC4)C[C@H]1C=N3)N=C[C@@H]1CC(c3ccc(NC(=O)[C@H](C)CC(=O)C(NC(=O)CCOCCOCCOCCOCCOCCOCCOCCOCCNC(=O)CCN4C(=O)CC(C)C4=O)C(C)C)cc3)=CN1C2=O. The number of ether oxygens (including phenoxy) is 12. The first-order valence-electron chi connectivity index (χ1n) is 35.3. The predicted octanol–water partition coefficient (Wildman–Crippen LogP) is 7.48. The molecule has 0 spiro atoms. The van der Waals surface area contributed by atoms with E-state index in [4.69, 9.17) is 66.8 Å². The number of rotatable bonds is 47. The van der Waals surface area contributed by atoms with E-state index in [1.165, 1.54) is 25.5 Å². The van der Waals surface area contributed by atoms with Gasteiger partial charge in [0.1, 0.15) is 0 Å². The Morgan fingerprint density at radius 3 is 1.55 bits per heavy atom. The molecule has 1 aliphatic carbocycles. The molecule has 5 heterocycles. The van der Waals surface area contributed by atoms with Gasteiger partial charge in [0.15, 0.2) is 28.8 Å². The number of nitrogens with zero attached hydrogens (tertiary/aromatic N) is 5. The third-order valence-electron chi connectivity index (χ3n) is 17.8. The Labute approximate surface area is 602 Å². The van der Waals surface area contributed by atoms with Crippen molar-refractivity contribution in [2.75, 3.05) is 152 Å². The second-order valence-electron chi connectivity index (χ2n) is 25.9. The lowest BCUT2D eigenvalue weighted by Crippen LogP contribution is -2.45. The normalized spacial score (nSPS) is 17.9. The highest BCUT2D eigenvalue weighted by atomic mass is 16.6. The maximum atomic E-state index is 14.2. The number of ketones is 1. The Morgan fingerprint density at radius 1 is 0.573 bits per heavy atom. The fourth-order valence-corrected chi connectivity index (χ4v) is 12.0. The molecule has 0 aromatic heterocycles. The third kappa shape index (κ3) is 23.8. The number of benzene rings is 3. The summed E-state index contributed by atoms with van der Waals surface area (Å²) in [5.74, 6) is -0.949. The average molecular weight is 1440 g/mol. The van der Waals surface area contributed by atoms with E-state index in [0.717, 1.165) is 22.5 Å². The number of carbonyl (C=O) groups excluding carboxylic acids is 8. The van der Waals surface area contributed by atoms with Gasteiger partial charge in [0.05, 0.1) is 174 Å². The van der Waals surface area contributed by atoms with Crippen molar-refractivity contribution in [1.82, 2.24) is 25.3 Å². The van der Waals surface area contributed by atoms with Crippen LogP contribution in [0.3, 0.4) is 0 Å². The molecule has 562 valence electrons. The zero-order valence-electron chi connectivity index (χ0n) is 59.4. The summed E-state index contributed by atoms with van der Waals surface area (Å²) in [4.78, 5) is 117. The molecule has 3 N–H and O–H groups in total. The van der Waals surface area contributed by atoms with Crippen molar-refractivity contribution in [2.45, 2.75) is 111 Å². The van der Waals surface area contributed by atoms with Crippen molar-refractivity contribution < 1.29 is 95.2 Å². The molecule has 28 heteroatoms. The second kappa shape index (κ2) is 41.1. The molecular weight excluding hydrogens is 1330 g/mol. The summed E-state index contributed by atoms with van der Waals surface area (Å²) in [5.41, 5.74) is 5.42. The van der Waals surface area contributed by atoms with Crippen molar-refractivity contribution >= 4 is 82.2 Å². The number of aliphatic imine (C=N–C) groups is 2. The van der Waals surface area contributed by atoms with Gasteiger partial charge in [0.25, 0.3) is 11.8 Å². The summed E-state index contributed by atoms with van der Waals surface area (Å²) < 4.78 is 67.8. The van der Waals surface area contributed by atoms with E-state index in [2.05, 4.69) is 16.0 Å². The quantitative estimate of drug-likeness (QED) is 0.0364. The molecule has 9 rings (SSSR count). The highest BCUT2D eigenvalue weighted by Crippen LogP contribution is 2.45. The van der Waals surface area contributed by atoms with Crippen LogP contribution in [-0.2, 0) is 66.7 Å². The molecule has 28 nitrogen and oxygen atoms in total. The van der Waals surface area contributed by atoms with Crippen LogP contribution in [-0.4, -0.2) is 239 Å². The Bertz CT molecular complexity index is 3500. The molecule has 5 aliphatic heterocycles. The predicted molar refractivity (Wildman–Crippen MR) is 382 cm³/mol. The van der Waals surface area contributed by atoms with Gasteiger partial charge in [-0.2, -0.15) is 0 Å². The molecule has 2 unspecified atom stereocenters. The molecule has 3 aromatic rings. The number of anilines is 1. The van der Waals surface area contributed by atoms with Gasteiger partial charge in [-0.15, -0.1) is 0 Å². The van der Waals surface area contributed by atoms with Gasteiger partial charge in [-0.25, -0.2) is 0 Å². The summed E-state index contributed by atoms with van der Waals surface area (Å²) in [5, 5.41) is 8.45. The monoisotopic (exact) mass is 1430 g/mol. The molecule has 6 aliphatic rings. The zero-order valence-corrected chi connectivity index (χ0v) is 59.4. The fraction of sp³-hybridized carbons (Fsp3) is 0.573. The molecule has 5 atom stereocenters. The van der Waals surface area contributed by atoms with Crippen molar-refractivity contribution in [3.05, 3.63) is 83.2 Å². The highest BCUT2D eigenvalue weighted by molar-refractivity contribution is 6.07. The number of methoxy groups -OCH3 is 2. The standard InChI is InChI=1S/C74H98N8O20.CH4/c1-48(2)70(79-68(85)15-20-93-22-24-95-26-28-97-30-32-99-34-35-100-33-31-98-29-27-96-25-23-94-21-16-75-67(84)14-17-80-69(86)37-50(4)72(80)88)62(83)36-49(3)71(87)78-55-12-10-52(11-13-55)54-39-57-45-77-61-43-66(64(92-6)41-59(61)74(90)82(57)47-54)102-19-7-18-101-65-42-60-58(40-63(65)91-5)73(89)81-46-53(51-8-9-51)38-56(81)44-76-60;/h10-13,40-51,56-57,70H,7-9,14-39H2,1-6H3,(H,75,84)(H,78,87)(H,79,85);1H4/t49-,50?,56+,57+,70?;/m1./s1. The second-order valence-corrected chi connectivity index (χ2v) is 25.9. The van der Waals surface area contributed by atoms with E-state index in [-0.39, 0.29) is 137 Å². The van der Waals surface area contributed by atoms with Gasteiger partial charge in [-0.1, -0.05) is 47.3 Å². The van der Waals surface area contributed by atoms with Crippen molar-refractivity contribution in [1.29, 1.82) is 0 Å². The smallest absolute Gasteiger partial charge is 0.260 e. The van der Waals surface area contributed by atoms with Gasteiger partial charge in [-0.05, 0) is 72.1 Å². The van der Waals surface area contributed by atoms with Crippen LogP contribution in [0.1, 0.15) is 119 Å². The van der Waals surface area contributed by atoms with Gasteiger partial charge in [0.2, 0.25) is 29.5 Å². The number of nitrogens with one attached hydrogen (secondary N) is 3. The third-order valence-corrected chi connectivity index (χ3v) is 17.8. The molecule has 0 radical (unpaired) electrons. The van der Waals surface area contributed by atoms with Crippen molar-refractivity contribution in [2.24, 2.45) is 33.7 Å². The Kier molecular flexibility index (Phi) is 32.0. The summed E-state index contributed by atoms with van der Waals surface area (Å²) in [6.07, 6.45) is 11.8. The van der Waals surface area contributed by atoms with Gasteiger partial charge < -0.3 is 82.6 Å². The molecular formula is C75H102N8O20. The summed E-state index contributed by atoms with van der Waals surface area (Å²) >= 11 is 0. The van der Waals surface area contributed by atoms with E-state index in [0.29, 0.717) is 169 Å². The molecule has 0 bridgehead atoms. The fourth-order valence-electron chi connectivity index (χ4n) is 12.0. The zero-order chi connectivity index (χ0) is 72.3. The first kappa shape index (κ1) is 80.2. The van der Waals surface area contributed by atoms with E-state index in [1.807, 2.05) is 44.6 Å². The summed E-state index contributed by atoms with van der Waals surface area (Å²) in [6.45, 7) is 13.8. The lowest BCUT2D eigenvalue weighted by Gasteiger charge is -2.23. The number of hydrogen-bond donors (Lipinski definition) is 3. The Morgan fingerprint density at radius 2 is 1.07 bits per heavy atom. The first-order chi connectivity index (χ1) is 49.5. The topological polar surface area (TPSA) is 318 Å². The lowest BCUT2D eigenvalue weighted by molar-refractivity contribution is -0.139. The number of Topliss-reactive ketones (excluding diaryl/α,β-unsaturated/α-hetero) is 1. The number of carbonyl (C=O) groups is 8. The summed E-state index contributed by atoms with van der Waals surface area (Å²) in [7, 11) is 3.05. The van der Waals surface area contributed by atoms with E-state index in [9.17, 15) is 38.4 Å². The van der Waals surface area contributed by atoms with Crippen LogP contribution in [0.15, 0.2) is 76.5 Å². The number of fused-ring (bicyclic) bond motifs is 4. The highest BCUT2D eigenvalue weighted by Gasteiger charge is 2.39. The van der Waals surface area contributed by atoms with Crippen LogP contribution in [0.2, 0.25) is 0 Å². The van der Waals surface area contributed by atoms with E-state index in [1.54, 1.807) is 73.4 Å². The minimum Gasteiger partial charge on any atom is -0.493 e. The van der Waals surface area contributed by atoms with Crippen LogP contribution < -0.4 is 34.9 Å². The van der Waals surface area contributed by atoms with Crippen molar-refractivity contribution in [3.8, 4) is 23.0 Å². The molecule has 103 heavy (non-hydrogen) atoms. The van der Waals surface area contributed by atoms with Crippen LogP contribution in [0.4, 0.5) is 17.1 Å². The van der Waals surface area contributed by atoms with Crippen LogP contribution >= 0.6 is 0 Å². The number of imide groups is 1. The first-order valence-corrected chi connectivity index (χ1v) is 35.3. The summed E-state index contributed by atoms with van der Waals surface area (Å²) in [6, 6.07) is 12.9. The van der Waals surface area contributed by atoms with Gasteiger partial charge in [0, 0.05) is 106 Å². The Balaban J connectivity index is 0.0000134. The minimum atomic E-state index is -0.787. The van der Waals surface area contributed by atoms with E-state index >= 15 is 0 Å². The maximum Gasteiger partial charge on any atom is 0.260 e. The molecule has 7 amide bonds. The van der Waals surface area contributed by atoms with Crippen LogP contribution in [0.5, 0.6) is 23.0 Å². The lowest BCUT2D eigenvalue weighted by atomic mass is 9.92. The van der Waals surface area contributed by atoms with Gasteiger partial charge >= 0.3 is 0 Å². The van der Waals surface area contributed by atoms with E-state index < -0.39 is 12.0 Å².